The first-order valence-electron chi connectivity index (χ1n) is 11.6. The molecule has 1 N–H and O–H groups in total. The fourth-order valence-electron chi connectivity index (χ4n) is 4.76. The number of rotatable bonds is 3. The summed E-state index contributed by atoms with van der Waals surface area (Å²) in [5.41, 5.74) is 5.19. The lowest BCUT2D eigenvalue weighted by Gasteiger charge is -2.44. The number of thiocarbonyl (C=S) groups is 2. The Kier molecular flexibility index (Phi) is 6.10. The normalized spacial score (nSPS) is 17.4. The summed E-state index contributed by atoms with van der Waals surface area (Å²) in [7, 11) is 0. The predicted octanol–water partition coefficient (Wildman–Crippen LogP) is 6.50. The largest absolute Gasteiger partial charge is 0.331 e. The molecular formula is C28H25N5S2. The van der Waals surface area contributed by atoms with Crippen molar-refractivity contribution in [3.05, 3.63) is 89.5 Å². The van der Waals surface area contributed by atoms with E-state index in [9.17, 15) is 5.26 Å². The summed E-state index contributed by atoms with van der Waals surface area (Å²) in [6.45, 7) is 4.02. The van der Waals surface area contributed by atoms with E-state index in [4.69, 9.17) is 29.4 Å². The third-order valence-corrected chi connectivity index (χ3v) is 7.29. The molecule has 1 heterocycles. The number of anilines is 3. The zero-order valence-electron chi connectivity index (χ0n) is 19.7. The van der Waals surface area contributed by atoms with Crippen molar-refractivity contribution < 1.29 is 0 Å². The van der Waals surface area contributed by atoms with Crippen molar-refractivity contribution in [2.75, 3.05) is 15.1 Å². The number of aryl methyl sites for hydroxylation is 2. The zero-order valence-corrected chi connectivity index (χ0v) is 21.3. The molecule has 0 unspecified atom stereocenters. The molecule has 3 aromatic rings. The number of para-hydroxylation sites is 1. The van der Waals surface area contributed by atoms with Gasteiger partial charge in [0.1, 0.15) is 11.4 Å². The molecular weight excluding hydrogens is 470 g/mol. The summed E-state index contributed by atoms with van der Waals surface area (Å²) in [5.74, 6) is 0.826. The van der Waals surface area contributed by atoms with Crippen molar-refractivity contribution in [2.45, 2.75) is 38.6 Å². The third-order valence-electron chi connectivity index (χ3n) is 6.73. The van der Waals surface area contributed by atoms with Crippen molar-refractivity contribution in [1.82, 2.24) is 0 Å². The van der Waals surface area contributed by atoms with Crippen LogP contribution in [0, 0.1) is 25.2 Å². The van der Waals surface area contributed by atoms with E-state index in [1.807, 2.05) is 60.4 Å². The fourth-order valence-corrected chi connectivity index (χ4v) is 5.44. The van der Waals surface area contributed by atoms with Crippen LogP contribution in [-0.4, -0.2) is 21.6 Å². The van der Waals surface area contributed by atoms with Crippen LogP contribution in [0.1, 0.15) is 36.0 Å². The summed E-state index contributed by atoms with van der Waals surface area (Å²) >= 11 is 11.8. The van der Waals surface area contributed by atoms with E-state index < -0.39 is 0 Å². The Hall–Kier alpha value is -3.60. The monoisotopic (exact) mass is 495 g/mol. The van der Waals surface area contributed by atoms with Gasteiger partial charge in [-0.3, -0.25) is 4.90 Å². The lowest BCUT2D eigenvalue weighted by Crippen LogP contribution is -2.55. The molecule has 1 aliphatic carbocycles. The molecule has 0 aromatic heterocycles. The maximum Gasteiger partial charge on any atom is 0.199 e. The molecule has 0 atom stereocenters. The molecule has 1 aliphatic heterocycles. The molecule has 174 valence electrons. The zero-order chi connectivity index (χ0) is 24.6. The third kappa shape index (κ3) is 4.09. The average Bonchev–Trinajstić information content (AvgIpc) is 3.08. The number of hydrogen-bond acceptors (Lipinski definition) is 3. The van der Waals surface area contributed by atoms with Crippen LogP contribution >= 0.6 is 24.4 Å². The molecule has 2 fully saturated rings. The number of benzene rings is 3. The fraction of sp³-hybridized carbons (Fsp3) is 0.214. The smallest absolute Gasteiger partial charge is 0.199 e. The van der Waals surface area contributed by atoms with Crippen LogP contribution in [0.2, 0.25) is 0 Å². The van der Waals surface area contributed by atoms with Gasteiger partial charge in [-0.1, -0.05) is 35.9 Å². The minimum atomic E-state index is -0.365. The number of nitrogens with zero attached hydrogens (tertiary/aromatic N) is 4. The number of amidine groups is 1. The van der Waals surface area contributed by atoms with Gasteiger partial charge in [0.15, 0.2) is 10.2 Å². The van der Waals surface area contributed by atoms with Gasteiger partial charge in [-0.05, 0) is 106 Å². The van der Waals surface area contributed by atoms with Gasteiger partial charge in [0.25, 0.3) is 0 Å². The quantitative estimate of drug-likeness (QED) is 0.418. The Morgan fingerprint density at radius 2 is 1.69 bits per heavy atom. The Morgan fingerprint density at radius 1 is 1.00 bits per heavy atom. The minimum Gasteiger partial charge on any atom is -0.331 e. The minimum absolute atomic E-state index is 0.365. The SMILES string of the molecule is Cc1ccc(N2C(=S)N(c3ccc(C#N)c(C)c3)C(=NC(=S)Nc3ccccc3)C23CCC3)cc1. The van der Waals surface area contributed by atoms with E-state index in [1.165, 1.54) is 5.56 Å². The number of aliphatic imine (C=N–C) groups is 1. The number of nitrogens with one attached hydrogen (secondary N) is 1. The van der Waals surface area contributed by atoms with Crippen molar-refractivity contribution >= 4 is 57.6 Å². The maximum absolute atomic E-state index is 9.43. The lowest BCUT2D eigenvalue weighted by atomic mass is 9.74. The highest BCUT2D eigenvalue weighted by Crippen LogP contribution is 2.48. The van der Waals surface area contributed by atoms with Crippen LogP contribution in [0.4, 0.5) is 17.1 Å². The Balaban J connectivity index is 1.63. The number of hydrogen-bond donors (Lipinski definition) is 1. The second kappa shape index (κ2) is 9.21. The van der Waals surface area contributed by atoms with Crippen LogP contribution in [0.15, 0.2) is 77.8 Å². The summed E-state index contributed by atoms with van der Waals surface area (Å²) in [5, 5.41) is 13.7. The van der Waals surface area contributed by atoms with E-state index in [0.29, 0.717) is 15.8 Å². The summed E-state index contributed by atoms with van der Waals surface area (Å²) in [6, 6.07) is 26.3. The van der Waals surface area contributed by atoms with E-state index in [2.05, 4.69) is 47.5 Å². The Morgan fingerprint density at radius 3 is 2.29 bits per heavy atom. The second-order valence-electron chi connectivity index (χ2n) is 9.02. The molecule has 1 saturated heterocycles. The van der Waals surface area contributed by atoms with E-state index in [1.54, 1.807) is 0 Å². The van der Waals surface area contributed by atoms with E-state index in [0.717, 1.165) is 47.7 Å². The molecule has 0 amide bonds. The van der Waals surface area contributed by atoms with Gasteiger partial charge in [-0.25, -0.2) is 4.99 Å². The first kappa shape index (κ1) is 23.2. The molecule has 0 radical (unpaired) electrons. The van der Waals surface area contributed by atoms with Gasteiger partial charge in [0.2, 0.25) is 0 Å². The highest BCUT2D eigenvalue weighted by Gasteiger charge is 2.57. The molecule has 0 bridgehead atoms. The van der Waals surface area contributed by atoms with Gasteiger partial charge >= 0.3 is 0 Å². The van der Waals surface area contributed by atoms with Gasteiger partial charge < -0.3 is 10.2 Å². The lowest BCUT2D eigenvalue weighted by molar-refractivity contribution is 0.350. The molecule has 2 aliphatic rings. The van der Waals surface area contributed by atoms with Crippen LogP contribution < -0.4 is 15.1 Å². The van der Waals surface area contributed by atoms with E-state index in [-0.39, 0.29) is 5.54 Å². The van der Waals surface area contributed by atoms with E-state index >= 15 is 0 Å². The predicted molar refractivity (Wildman–Crippen MR) is 151 cm³/mol. The average molecular weight is 496 g/mol. The van der Waals surface area contributed by atoms with Crippen molar-refractivity contribution in [3.63, 3.8) is 0 Å². The standard InChI is InChI=1S/C28H25N5S2/c1-19-9-12-23(13-10-19)33-27(35)32(24-14-11-21(18-29)20(2)17-24)25(28(33)15-6-16-28)31-26(34)30-22-7-4-3-5-8-22/h3-5,7-14,17H,6,15-16H2,1-2H3,(H,30,34). The first-order valence-corrected chi connectivity index (χ1v) is 12.4. The maximum atomic E-state index is 9.43. The molecule has 1 saturated carbocycles. The van der Waals surface area contributed by atoms with Crippen LogP contribution in [0.5, 0.6) is 0 Å². The summed E-state index contributed by atoms with van der Waals surface area (Å²) in [6.07, 6.45) is 2.95. The molecule has 3 aromatic carbocycles. The topological polar surface area (TPSA) is 54.7 Å². The van der Waals surface area contributed by atoms with Gasteiger partial charge in [-0.15, -0.1) is 0 Å². The highest BCUT2D eigenvalue weighted by molar-refractivity contribution is 7.81. The van der Waals surface area contributed by atoms with Crippen LogP contribution in [0.3, 0.4) is 0 Å². The molecule has 1 spiro atoms. The molecule has 7 heteroatoms. The van der Waals surface area contributed by atoms with Crippen molar-refractivity contribution in [1.29, 1.82) is 5.26 Å². The number of nitriles is 1. The van der Waals surface area contributed by atoms with Crippen molar-refractivity contribution in [2.24, 2.45) is 4.99 Å². The van der Waals surface area contributed by atoms with Crippen molar-refractivity contribution in [3.8, 4) is 6.07 Å². The van der Waals surface area contributed by atoms with Crippen LogP contribution in [0.25, 0.3) is 0 Å². The Labute approximate surface area is 216 Å². The first-order chi connectivity index (χ1) is 16.9. The van der Waals surface area contributed by atoms with Crippen LogP contribution in [-0.2, 0) is 0 Å². The van der Waals surface area contributed by atoms with Gasteiger partial charge in [0, 0.05) is 17.1 Å². The summed E-state index contributed by atoms with van der Waals surface area (Å²) < 4.78 is 0. The Bertz CT molecular complexity index is 1370. The summed E-state index contributed by atoms with van der Waals surface area (Å²) in [4.78, 5) is 9.26. The molecule has 35 heavy (non-hydrogen) atoms. The van der Waals surface area contributed by atoms with Gasteiger partial charge in [0.05, 0.1) is 11.6 Å². The second-order valence-corrected chi connectivity index (χ2v) is 9.77. The highest BCUT2D eigenvalue weighted by atomic mass is 32.1. The molecule has 5 rings (SSSR count). The van der Waals surface area contributed by atoms with Gasteiger partial charge in [-0.2, -0.15) is 5.26 Å². The molecule has 5 nitrogen and oxygen atoms in total.